The number of carbonyl (C=O) groups is 1. The van der Waals surface area contributed by atoms with Gasteiger partial charge in [0.25, 0.3) is 5.56 Å². The number of amides is 1. The summed E-state index contributed by atoms with van der Waals surface area (Å²) in [5, 5.41) is 3.46. The average Bonchev–Trinajstić information content (AvgIpc) is 3.15. The number of nitrogens with zero attached hydrogens (tertiary/aromatic N) is 1. The third-order valence-electron chi connectivity index (χ3n) is 5.78. The van der Waals surface area contributed by atoms with Gasteiger partial charge in [-0.25, -0.2) is 4.79 Å². The van der Waals surface area contributed by atoms with Crippen molar-refractivity contribution in [1.82, 2.24) is 14.9 Å². The molecule has 4 rings (SSSR count). The van der Waals surface area contributed by atoms with E-state index < -0.39 is 0 Å². The van der Waals surface area contributed by atoms with E-state index in [-0.39, 0.29) is 29.0 Å². The Labute approximate surface area is 167 Å². The first-order chi connectivity index (χ1) is 14.0. The maximum Gasteiger partial charge on any atom is 0.328 e. The summed E-state index contributed by atoms with van der Waals surface area (Å²) in [4.78, 5) is 40.3. The summed E-state index contributed by atoms with van der Waals surface area (Å²) in [7, 11) is 0. The molecule has 3 aromatic rings. The molecule has 0 bridgehead atoms. The van der Waals surface area contributed by atoms with Crippen molar-refractivity contribution >= 4 is 16.8 Å². The van der Waals surface area contributed by atoms with Crippen LogP contribution >= 0.6 is 0 Å². The second kappa shape index (κ2) is 8.11. The number of carbonyl (C=O) groups excluding carboxylic acids is 1. The molecule has 7 heteroatoms. The minimum absolute atomic E-state index is 0.0334. The van der Waals surface area contributed by atoms with Crippen molar-refractivity contribution in [2.45, 2.75) is 45.7 Å². The quantitative estimate of drug-likeness (QED) is 0.694. The van der Waals surface area contributed by atoms with Crippen molar-refractivity contribution in [3.05, 3.63) is 68.8 Å². The van der Waals surface area contributed by atoms with Crippen LogP contribution in [0.25, 0.3) is 10.9 Å². The first-order valence-electron chi connectivity index (χ1n) is 10.1. The third kappa shape index (κ3) is 4.18. The molecule has 1 amide bonds. The minimum Gasteiger partial charge on any atom is -0.465 e. The molecule has 1 saturated carbocycles. The summed E-state index contributed by atoms with van der Waals surface area (Å²) < 4.78 is 6.78. The van der Waals surface area contributed by atoms with E-state index in [1.54, 1.807) is 24.3 Å². The lowest BCUT2D eigenvalue weighted by atomic mass is 9.81. The number of H-pyrrole nitrogens is 1. The number of furan rings is 1. The van der Waals surface area contributed by atoms with Gasteiger partial charge < -0.3 is 14.7 Å². The highest BCUT2D eigenvalue weighted by Gasteiger charge is 2.27. The van der Waals surface area contributed by atoms with Crippen LogP contribution in [0.4, 0.5) is 0 Å². The van der Waals surface area contributed by atoms with Crippen LogP contribution in [0.1, 0.15) is 37.2 Å². The van der Waals surface area contributed by atoms with Crippen LogP contribution < -0.4 is 16.6 Å². The van der Waals surface area contributed by atoms with Crippen molar-refractivity contribution in [2.24, 2.45) is 11.8 Å². The zero-order chi connectivity index (χ0) is 20.4. The van der Waals surface area contributed by atoms with Gasteiger partial charge in [0.2, 0.25) is 5.91 Å². The summed E-state index contributed by atoms with van der Waals surface area (Å²) in [5.41, 5.74) is -0.0638. The molecule has 0 atom stereocenters. The monoisotopic (exact) mass is 395 g/mol. The van der Waals surface area contributed by atoms with Crippen LogP contribution in [-0.2, 0) is 17.9 Å². The van der Waals surface area contributed by atoms with E-state index in [9.17, 15) is 14.4 Å². The van der Waals surface area contributed by atoms with Crippen LogP contribution in [0.3, 0.4) is 0 Å². The number of hydrogen-bond donors (Lipinski definition) is 2. The topological polar surface area (TPSA) is 97.1 Å². The lowest BCUT2D eigenvalue weighted by molar-refractivity contribution is -0.126. The lowest BCUT2D eigenvalue weighted by Gasteiger charge is -2.27. The fraction of sp³-hybridized carbons (Fsp3) is 0.409. The van der Waals surface area contributed by atoms with Gasteiger partial charge in [0.1, 0.15) is 11.5 Å². The van der Waals surface area contributed by atoms with Crippen molar-refractivity contribution in [1.29, 1.82) is 0 Å². The van der Waals surface area contributed by atoms with Crippen LogP contribution in [0.15, 0.2) is 50.4 Å². The van der Waals surface area contributed by atoms with Gasteiger partial charge in [0.15, 0.2) is 0 Å². The Morgan fingerprint density at radius 1 is 1.14 bits per heavy atom. The number of para-hydroxylation sites is 1. The Bertz CT molecular complexity index is 1130. The second-order valence-electron chi connectivity index (χ2n) is 7.84. The maximum atomic E-state index is 12.7. The molecule has 2 N–H and O–H groups in total. The standard InChI is InChI=1S/C22H25N3O4/c1-14-6-11-17(29-14)12-23-20(26)16-9-7-15(8-10-16)13-25-21(27)18-4-2-3-5-19(18)24-22(25)28/h2-6,11,15-16H,7-10,12-13H2,1H3,(H,23,26)(H,24,28). The predicted molar refractivity (Wildman–Crippen MR) is 110 cm³/mol. The maximum absolute atomic E-state index is 12.7. The van der Waals surface area contributed by atoms with Crippen LogP contribution in [0, 0.1) is 18.8 Å². The van der Waals surface area contributed by atoms with Gasteiger partial charge in [-0.3, -0.25) is 14.2 Å². The van der Waals surface area contributed by atoms with Crippen molar-refractivity contribution in [2.75, 3.05) is 0 Å². The zero-order valence-corrected chi connectivity index (χ0v) is 16.4. The van der Waals surface area contributed by atoms with Gasteiger partial charge in [0, 0.05) is 12.5 Å². The molecule has 0 aliphatic heterocycles. The van der Waals surface area contributed by atoms with Crippen molar-refractivity contribution in [3.63, 3.8) is 0 Å². The number of aromatic amines is 1. The van der Waals surface area contributed by atoms with Gasteiger partial charge in [-0.05, 0) is 62.8 Å². The van der Waals surface area contributed by atoms with E-state index in [0.717, 1.165) is 37.2 Å². The average molecular weight is 395 g/mol. The van der Waals surface area contributed by atoms with E-state index in [4.69, 9.17) is 4.42 Å². The third-order valence-corrected chi connectivity index (χ3v) is 5.78. The molecule has 7 nitrogen and oxygen atoms in total. The number of aromatic nitrogens is 2. The number of rotatable bonds is 5. The largest absolute Gasteiger partial charge is 0.465 e. The fourth-order valence-electron chi connectivity index (χ4n) is 4.13. The molecule has 1 fully saturated rings. The van der Waals surface area contributed by atoms with E-state index in [1.165, 1.54) is 4.57 Å². The molecule has 0 unspecified atom stereocenters. The SMILES string of the molecule is Cc1ccc(CNC(=O)C2CCC(Cn3c(=O)[nH]c4ccccc4c3=O)CC2)o1. The van der Waals surface area contributed by atoms with Crippen LogP contribution in [0.2, 0.25) is 0 Å². The Morgan fingerprint density at radius 2 is 1.90 bits per heavy atom. The molecule has 1 aromatic carbocycles. The van der Waals surface area contributed by atoms with E-state index >= 15 is 0 Å². The zero-order valence-electron chi connectivity index (χ0n) is 16.4. The second-order valence-corrected chi connectivity index (χ2v) is 7.84. The van der Waals surface area contributed by atoms with Gasteiger partial charge in [-0.1, -0.05) is 12.1 Å². The van der Waals surface area contributed by atoms with Crippen molar-refractivity contribution in [3.8, 4) is 0 Å². The molecule has 0 saturated heterocycles. The molecule has 1 aliphatic rings. The van der Waals surface area contributed by atoms with Crippen LogP contribution in [0.5, 0.6) is 0 Å². The molecular weight excluding hydrogens is 370 g/mol. The van der Waals surface area contributed by atoms with E-state index in [2.05, 4.69) is 10.3 Å². The van der Waals surface area contributed by atoms with E-state index in [0.29, 0.717) is 24.0 Å². The molecule has 2 aromatic heterocycles. The fourth-order valence-corrected chi connectivity index (χ4v) is 4.13. The van der Waals surface area contributed by atoms with Gasteiger partial charge in [-0.15, -0.1) is 0 Å². The number of benzene rings is 1. The number of hydrogen-bond acceptors (Lipinski definition) is 4. The van der Waals surface area contributed by atoms with Gasteiger partial charge in [-0.2, -0.15) is 0 Å². The highest BCUT2D eigenvalue weighted by molar-refractivity contribution is 5.78. The number of aryl methyl sites for hydroxylation is 1. The molecule has 0 spiro atoms. The molecule has 0 radical (unpaired) electrons. The smallest absolute Gasteiger partial charge is 0.328 e. The first-order valence-corrected chi connectivity index (χ1v) is 10.1. The Morgan fingerprint density at radius 3 is 2.62 bits per heavy atom. The summed E-state index contributed by atoms with van der Waals surface area (Å²) >= 11 is 0. The Hall–Kier alpha value is -3.09. The first kappa shape index (κ1) is 19.2. The van der Waals surface area contributed by atoms with E-state index in [1.807, 2.05) is 19.1 Å². The Kier molecular flexibility index (Phi) is 5.38. The van der Waals surface area contributed by atoms with Gasteiger partial charge in [0.05, 0.1) is 17.4 Å². The molecule has 2 heterocycles. The highest BCUT2D eigenvalue weighted by Crippen LogP contribution is 2.29. The highest BCUT2D eigenvalue weighted by atomic mass is 16.3. The summed E-state index contributed by atoms with van der Waals surface area (Å²) in [6, 6.07) is 10.8. The Balaban J connectivity index is 1.35. The minimum atomic E-state index is -0.373. The number of nitrogens with one attached hydrogen (secondary N) is 2. The predicted octanol–water partition coefficient (Wildman–Crippen LogP) is 2.71. The normalized spacial score (nSPS) is 19.3. The summed E-state index contributed by atoms with van der Waals surface area (Å²) in [6.07, 6.45) is 3.15. The molecule has 152 valence electrons. The number of fused-ring (bicyclic) bond motifs is 1. The lowest BCUT2D eigenvalue weighted by Crippen LogP contribution is -2.39. The molecule has 1 aliphatic carbocycles. The van der Waals surface area contributed by atoms with Gasteiger partial charge >= 0.3 is 5.69 Å². The van der Waals surface area contributed by atoms with Crippen LogP contribution in [-0.4, -0.2) is 15.5 Å². The molecular formula is C22H25N3O4. The summed E-state index contributed by atoms with van der Waals surface area (Å²) in [6.45, 7) is 2.66. The molecule has 29 heavy (non-hydrogen) atoms. The van der Waals surface area contributed by atoms with Crippen molar-refractivity contribution < 1.29 is 9.21 Å². The summed E-state index contributed by atoms with van der Waals surface area (Å²) in [5.74, 6) is 1.80.